The fourth-order valence-electron chi connectivity index (χ4n) is 2.62. The molecule has 2 heteroatoms. The number of aryl methyl sites for hydroxylation is 1. The van der Waals surface area contributed by atoms with Crippen LogP contribution < -0.4 is 0 Å². The van der Waals surface area contributed by atoms with Crippen LogP contribution in [0, 0.1) is 12.8 Å². The number of hydrogen-bond donors (Lipinski definition) is 1. The van der Waals surface area contributed by atoms with Crippen LogP contribution in [0.3, 0.4) is 0 Å². The highest BCUT2D eigenvalue weighted by atomic mass is 16.3. The molecule has 0 bridgehead atoms. The predicted molar refractivity (Wildman–Crippen MR) is 67.9 cm³/mol. The van der Waals surface area contributed by atoms with Gasteiger partial charge in [-0.05, 0) is 37.3 Å². The van der Waals surface area contributed by atoms with E-state index in [1.165, 1.54) is 5.56 Å². The lowest BCUT2D eigenvalue weighted by molar-refractivity contribution is -0.128. The third-order valence-electron chi connectivity index (χ3n) is 3.76. The minimum absolute atomic E-state index is 0.136. The predicted octanol–water partition coefficient (Wildman–Crippen LogP) is 2.66. The Morgan fingerprint density at radius 2 is 2.12 bits per heavy atom. The summed E-state index contributed by atoms with van der Waals surface area (Å²) in [6, 6.07) is 8.06. The zero-order chi connectivity index (χ0) is 12.3. The quantitative estimate of drug-likeness (QED) is 0.870. The topological polar surface area (TPSA) is 37.3 Å². The lowest BCUT2D eigenvalue weighted by atomic mass is 9.82. The van der Waals surface area contributed by atoms with Gasteiger partial charge in [-0.1, -0.05) is 30.7 Å². The highest BCUT2D eigenvalue weighted by Crippen LogP contribution is 2.25. The Labute approximate surface area is 103 Å². The Hall–Kier alpha value is -1.15. The summed E-state index contributed by atoms with van der Waals surface area (Å²) in [5.41, 5.74) is 2.34. The van der Waals surface area contributed by atoms with Crippen molar-refractivity contribution in [2.45, 2.75) is 45.1 Å². The molecule has 0 aliphatic heterocycles. The van der Waals surface area contributed by atoms with Crippen molar-refractivity contribution >= 4 is 5.78 Å². The highest BCUT2D eigenvalue weighted by molar-refractivity contribution is 5.82. The molecule has 0 aromatic heterocycles. The number of aliphatic hydroxyl groups is 1. The number of aliphatic hydroxyl groups excluding tert-OH is 1. The van der Waals surface area contributed by atoms with Crippen LogP contribution in [0.4, 0.5) is 0 Å². The summed E-state index contributed by atoms with van der Waals surface area (Å²) < 4.78 is 0. The molecule has 0 heterocycles. The second-order valence-corrected chi connectivity index (χ2v) is 5.02. The molecule has 1 N–H and O–H groups in total. The fraction of sp³-hybridized carbons (Fsp3) is 0.533. The maximum Gasteiger partial charge on any atom is 0.138 e. The average Bonchev–Trinajstić information content (AvgIpc) is 2.32. The standard InChI is InChI=1S/C15H20O2/c1-11-6-2-3-7-12(11)10-15(17)13-8-4-5-9-14(13)16/h2-3,6-7,13,15,17H,4-5,8-10H2,1H3. The number of hydrogen-bond acceptors (Lipinski definition) is 2. The summed E-state index contributed by atoms with van der Waals surface area (Å²) in [6.45, 7) is 2.05. The van der Waals surface area contributed by atoms with E-state index < -0.39 is 6.10 Å². The van der Waals surface area contributed by atoms with Crippen molar-refractivity contribution in [1.29, 1.82) is 0 Å². The van der Waals surface area contributed by atoms with Gasteiger partial charge in [0.15, 0.2) is 0 Å². The molecule has 0 amide bonds. The summed E-state index contributed by atoms with van der Waals surface area (Å²) >= 11 is 0. The Kier molecular flexibility index (Phi) is 3.95. The first kappa shape index (κ1) is 12.3. The van der Waals surface area contributed by atoms with Crippen LogP contribution >= 0.6 is 0 Å². The van der Waals surface area contributed by atoms with Crippen LogP contribution in [0.1, 0.15) is 36.8 Å². The molecule has 0 radical (unpaired) electrons. The lowest BCUT2D eigenvalue weighted by Gasteiger charge is -2.25. The van der Waals surface area contributed by atoms with Crippen molar-refractivity contribution in [3.8, 4) is 0 Å². The summed E-state index contributed by atoms with van der Waals surface area (Å²) in [6.07, 6.45) is 3.65. The van der Waals surface area contributed by atoms with Gasteiger partial charge in [0.05, 0.1) is 6.10 Å². The summed E-state index contributed by atoms with van der Waals surface area (Å²) in [5, 5.41) is 10.2. The number of Topliss-reactive ketones (excluding diaryl/α,β-unsaturated/α-hetero) is 1. The van der Waals surface area contributed by atoms with Crippen LogP contribution in [0.25, 0.3) is 0 Å². The molecule has 2 atom stereocenters. The van der Waals surface area contributed by atoms with Crippen LogP contribution in [0.15, 0.2) is 24.3 Å². The first-order valence-corrected chi connectivity index (χ1v) is 6.44. The molecule has 0 saturated heterocycles. The first-order chi connectivity index (χ1) is 8.18. The Bertz CT molecular complexity index is 398. The maximum absolute atomic E-state index is 11.8. The molecular formula is C15H20O2. The van der Waals surface area contributed by atoms with Gasteiger partial charge in [-0.3, -0.25) is 4.79 Å². The molecule has 1 aliphatic carbocycles. The average molecular weight is 232 g/mol. The van der Waals surface area contributed by atoms with Crippen molar-refractivity contribution < 1.29 is 9.90 Å². The Balaban J connectivity index is 2.03. The normalized spacial score (nSPS) is 22.5. The van der Waals surface area contributed by atoms with Gasteiger partial charge >= 0.3 is 0 Å². The Morgan fingerprint density at radius 3 is 2.82 bits per heavy atom. The van der Waals surface area contributed by atoms with E-state index >= 15 is 0 Å². The SMILES string of the molecule is Cc1ccccc1CC(O)C1CCCCC1=O. The number of ketones is 1. The van der Waals surface area contributed by atoms with E-state index in [2.05, 4.69) is 0 Å². The van der Waals surface area contributed by atoms with E-state index in [-0.39, 0.29) is 11.7 Å². The monoisotopic (exact) mass is 232 g/mol. The van der Waals surface area contributed by atoms with Crippen LogP contribution in [0.5, 0.6) is 0 Å². The zero-order valence-electron chi connectivity index (χ0n) is 10.4. The number of rotatable bonds is 3. The molecule has 2 unspecified atom stereocenters. The lowest BCUT2D eigenvalue weighted by Crippen LogP contribution is -2.32. The van der Waals surface area contributed by atoms with Gasteiger partial charge < -0.3 is 5.11 Å². The van der Waals surface area contributed by atoms with Gasteiger partial charge in [0.1, 0.15) is 5.78 Å². The van der Waals surface area contributed by atoms with Gasteiger partial charge in [-0.25, -0.2) is 0 Å². The summed E-state index contributed by atoms with van der Waals surface area (Å²) in [4.78, 5) is 11.8. The van der Waals surface area contributed by atoms with Crippen LogP contribution in [-0.2, 0) is 11.2 Å². The third kappa shape index (κ3) is 2.95. The van der Waals surface area contributed by atoms with E-state index in [9.17, 15) is 9.90 Å². The van der Waals surface area contributed by atoms with Gasteiger partial charge in [-0.15, -0.1) is 0 Å². The third-order valence-corrected chi connectivity index (χ3v) is 3.76. The minimum Gasteiger partial charge on any atom is -0.392 e. The van der Waals surface area contributed by atoms with E-state index in [0.717, 1.165) is 24.8 Å². The molecule has 17 heavy (non-hydrogen) atoms. The van der Waals surface area contributed by atoms with Crippen molar-refractivity contribution in [2.75, 3.05) is 0 Å². The van der Waals surface area contributed by atoms with Gasteiger partial charge in [0, 0.05) is 12.3 Å². The number of carbonyl (C=O) groups is 1. The van der Waals surface area contributed by atoms with Crippen molar-refractivity contribution in [2.24, 2.45) is 5.92 Å². The number of carbonyl (C=O) groups excluding carboxylic acids is 1. The molecule has 1 saturated carbocycles. The van der Waals surface area contributed by atoms with Crippen LogP contribution in [-0.4, -0.2) is 17.0 Å². The first-order valence-electron chi connectivity index (χ1n) is 6.44. The molecule has 2 rings (SSSR count). The molecule has 1 aromatic rings. The molecule has 92 valence electrons. The van der Waals surface area contributed by atoms with Crippen LogP contribution in [0.2, 0.25) is 0 Å². The molecule has 2 nitrogen and oxygen atoms in total. The molecule has 1 aromatic carbocycles. The van der Waals surface area contributed by atoms with Gasteiger partial charge in [0.2, 0.25) is 0 Å². The van der Waals surface area contributed by atoms with E-state index in [0.29, 0.717) is 12.8 Å². The maximum atomic E-state index is 11.8. The van der Waals surface area contributed by atoms with Gasteiger partial charge in [-0.2, -0.15) is 0 Å². The molecule has 1 aliphatic rings. The van der Waals surface area contributed by atoms with E-state index in [1.54, 1.807) is 0 Å². The highest BCUT2D eigenvalue weighted by Gasteiger charge is 2.29. The summed E-state index contributed by atoms with van der Waals surface area (Å²) in [7, 11) is 0. The van der Waals surface area contributed by atoms with Crippen molar-refractivity contribution in [1.82, 2.24) is 0 Å². The van der Waals surface area contributed by atoms with Crippen molar-refractivity contribution in [3.05, 3.63) is 35.4 Å². The second-order valence-electron chi connectivity index (χ2n) is 5.02. The minimum atomic E-state index is -0.510. The van der Waals surface area contributed by atoms with E-state index in [4.69, 9.17) is 0 Å². The van der Waals surface area contributed by atoms with E-state index in [1.807, 2.05) is 31.2 Å². The fourth-order valence-corrected chi connectivity index (χ4v) is 2.62. The van der Waals surface area contributed by atoms with Gasteiger partial charge in [0.25, 0.3) is 0 Å². The molecule has 1 fully saturated rings. The smallest absolute Gasteiger partial charge is 0.138 e. The second kappa shape index (κ2) is 5.46. The Morgan fingerprint density at radius 1 is 1.35 bits per heavy atom. The largest absolute Gasteiger partial charge is 0.392 e. The zero-order valence-corrected chi connectivity index (χ0v) is 10.4. The molecular weight excluding hydrogens is 212 g/mol. The van der Waals surface area contributed by atoms with Crippen molar-refractivity contribution in [3.63, 3.8) is 0 Å². The number of benzene rings is 1. The summed E-state index contributed by atoms with van der Waals surface area (Å²) in [5.74, 6) is 0.112. The molecule has 0 spiro atoms.